The van der Waals surface area contributed by atoms with Crippen LogP contribution in [0.3, 0.4) is 0 Å². The third kappa shape index (κ3) is 7.87. The predicted molar refractivity (Wildman–Crippen MR) is 79.3 cm³/mol. The molecule has 0 aromatic carbocycles. The summed E-state index contributed by atoms with van der Waals surface area (Å²) < 4.78 is 5.15. The highest BCUT2D eigenvalue weighted by Gasteiger charge is 2.23. The van der Waals surface area contributed by atoms with Crippen LogP contribution in [0.1, 0.15) is 33.6 Å². The van der Waals surface area contributed by atoms with Crippen molar-refractivity contribution in [2.75, 3.05) is 32.7 Å². The Morgan fingerprint density at radius 2 is 1.95 bits per heavy atom. The van der Waals surface area contributed by atoms with E-state index in [9.17, 15) is 9.59 Å². The number of ether oxygens (including phenoxy) is 1. The van der Waals surface area contributed by atoms with E-state index in [0.29, 0.717) is 13.1 Å². The van der Waals surface area contributed by atoms with Crippen LogP contribution in [-0.4, -0.2) is 66.4 Å². The number of nitrogens with one attached hydrogen (secondary N) is 2. The van der Waals surface area contributed by atoms with Crippen molar-refractivity contribution < 1.29 is 19.4 Å². The van der Waals surface area contributed by atoms with Crippen molar-refractivity contribution in [1.82, 2.24) is 15.5 Å². The second-order valence-corrected chi connectivity index (χ2v) is 6.27. The number of hydrogen-bond donors (Lipinski definition) is 3. The maximum absolute atomic E-state index is 11.6. The van der Waals surface area contributed by atoms with Crippen molar-refractivity contribution in [1.29, 1.82) is 0 Å². The van der Waals surface area contributed by atoms with Gasteiger partial charge in [0.1, 0.15) is 5.60 Å². The molecule has 1 aliphatic rings. The number of hydrogen-bond acceptors (Lipinski definition) is 5. The summed E-state index contributed by atoms with van der Waals surface area (Å²) in [5, 5.41) is 14.9. The number of amides is 1. The summed E-state index contributed by atoms with van der Waals surface area (Å²) in [6.45, 7) is 8.11. The molecule has 0 atom stereocenters. The molecule has 0 aromatic rings. The minimum atomic E-state index is -0.842. The molecule has 0 aliphatic carbocycles. The molecule has 3 N–H and O–H groups in total. The molecule has 0 radical (unpaired) electrons. The van der Waals surface area contributed by atoms with Crippen molar-refractivity contribution in [3.05, 3.63) is 0 Å². The van der Waals surface area contributed by atoms with Gasteiger partial charge in [0.15, 0.2) is 0 Å². The van der Waals surface area contributed by atoms with Crippen LogP contribution in [0.2, 0.25) is 0 Å². The van der Waals surface area contributed by atoms with Gasteiger partial charge in [0.2, 0.25) is 0 Å². The van der Waals surface area contributed by atoms with Gasteiger partial charge < -0.3 is 20.5 Å². The molecule has 0 unspecified atom stereocenters. The van der Waals surface area contributed by atoms with Gasteiger partial charge in [0, 0.05) is 19.1 Å². The average Bonchev–Trinajstić information content (AvgIpc) is 2.36. The highest BCUT2D eigenvalue weighted by Crippen LogP contribution is 2.11. The Bertz CT molecular complexity index is 349. The lowest BCUT2D eigenvalue weighted by Gasteiger charge is -2.33. The van der Waals surface area contributed by atoms with Gasteiger partial charge in [-0.15, -0.1) is 0 Å². The van der Waals surface area contributed by atoms with E-state index in [-0.39, 0.29) is 12.6 Å². The Morgan fingerprint density at radius 3 is 2.48 bits per heavy atom. The van der Waals surface area contributed by atoms with Gasteiger partial charge in [0.25, 0.3) is 0 Å². The largest absolute Gasteiger partial charge is 0.480 e. The van der Waals surface area contributed by atoms with Gasteiger partial charge in [-0.05, 0) is 46.7 Å². The molecule has 1 rings (SSSR count). The van der Waals surface area contributed by atoms with E-state index in [4.69, 9.17) is 9.84 Å². The summed E-state index contributed by atoms with van der Waals surface area (Å²) in [4.78, 5) is 24.4. The summed E-state index contributed by atoms with van der Waals surface area (Å²) in [5.74, 6) is -0.842. The summed E-state index contributed by atoms with van der Waals surface area (Å²) in [7, 11) is 0. The Morgan fingerprint density at radius 1 is 1.33 bits per heavy atom. The summed E-state index contributed by atoms with van der Waals surface area (Å²) in [6, 6.07) is 0.253. The summed E-state index contributed by atoms with van der Waals surface area (Å²) in [5.41, 5.74) is -0.528. The SMILES string of the molecule is CC(C)(C)OC(=O)NCCN(CC(=O)O)C1CCNCC1. The molecule has 1 aliphatic heterocycles. The number of rotatable bonds is 6. The van der Waals surface area contributed by atoms with Gasteiger partial charge in [-0.3, -0.25) is 9.69 Å². The molecule has 0 bridgehead atoms. The van der Waals surface area contributed by atoms with Gasteiger partial charge >= 0.3 is 12.1 Å². The first-order chi connectivity index (χ1) is 9.78. The second kappa shape index (κ2) is 8.19. The summed E-state index contributed by atoms with van der Waals surface area (Å²) >= 11 is 0. The lowest BCUT2D eigenvalue weighted by atomic mass is 10.0. The van der Waals surface area contributed by atoms with Crippen molar-refractivity contribution in [2.24, 2.45) is 0 Å². The van der Waals surface area contributed by atoms with Gasteiger partial charge in [0.05, 0.1) is 6.54 Å². The van der Waals surface area contributed by atoms with E-state index in [1.165, 1.54) is 0 Å². The highest BCUT2D eigenvalue weighted by molar-refractivity contribution is 5.69. The fourth-order valence-electron chi connectivity index (χ4n) is 2.35. The first kappa shape index (κ1) is 17.7. The Kier molecular flexibility index (Phi) is 6.91. The number of carbonyl (C=O) groups excluding carboxylic acids is 1. The standard InChI is InChI=1S/C14H27N3O4/c1-14(2,3)21-13(20)16-8-9-17(10-12(18)19)11-4-6-15-7-5-11/h11,15H,4-10H2,1-3H3,(H,16,20)(H,18,19). The normalized spacial score (nSPS) is 16.8. The minimum absolute atomic E-state index is 0.000660. The monoisotopic (exact) mass is 301 g/mol. The first-order valence-corrected chi connectivity index (χ1v) is 7.41. The molecular formula is C14H27N3O4. The minimum Gasteiger partial charge on any atom is -0.480 e. The number of carbonyl (C=O) groups is 2. The van der Waals surface area contributed by atoms with Crippen LogP contribution in [-0.2, 0) is 9.53 Å². The Balaban J connectivity index is 2.38. The van der Waals surface area contributed by atoms with Gasteiger partial charge in [-0.2, -0.15) is 0 Å². The van der Waals surface area contributed by atoms with Crippen LogP contribution < -0.4 is 10.6 Å². The van der Waals surface area contributed by atoms with E-state index in [2.05, 4.69) is 10.6 Å². The zero-order valence-electron chi connectivity index (χ0n) is 13.1. The number of aliphatic carboxylic acids is 1. The molecule has 122 valence electrons. The topological polar surface area (TPSA) is 90.9 Å². The van der Waals surface area contributed by atoms with E-state index < -0.39 is 17.7 Å². The number of nitrogens with zero attached hydrogens (tertiary/aromatic N) is 1. The van der Waals surface area contributed by atoms with E-state index in [0.717, 1.165) is 25.9 Å². The second-order valence-electron chi connectivity index (χ2n) is 6.27. The smallest absolute Gasteiger partial charge is 0.407 e. The number of carboxylic acid groups (broad SMARTS) is 1. The third-order valence-corrected chi connectivity index (χ3v) is 3.23. The molecule has 1 amide bonds. The van der Waals surface area contributed by atoms with Crippen LogP contribution in [0.5, 0.6) is 0 Å². The van der Waals surface area contributed by atoms with Gasteiger partial charge in [-0.25, -0.2) is 4.79 Å². The maximum Gasteiger partial charge on any atom is 0.407 e. The zero-order valence-corrected chi connectivity index (χ0v) is 13.1. The van der Waals surface area contributed by atoms with E-state index in [1.807, 2.05) is 4.90 Å². The van der Waals surface area contributed by atoms with Gasteiger partial charge in [-0.1, -0.05) is 0 Å². The lowest BCUT2D eigenvalue weighted by molar-refractivity contribution is -0.139. The quantitative estimate of drug-likeness (QED) is 0.667. The van der Waals surface area contributed by atoms with Crippen LogP contribution in [0.4, 0.5) is 4.79 Å². The predicted octanol–water partition coefficient (Wildman–Crippen LogP) is 0.650. The first-order valence-electron chi connectivity index (χ1n) is 7.41. The van der Waals surface area contributed by atoms with E-state index >= 15 is 0 Å². The average molecular weight is 301 g/mol. The fraction of sp³-hybridized carbons (Fsp3) is 0.857. The molecule has 1 heterocycles. The Hall–Kier alpha value is -1.34. The number of piperidine rings is 1. The van der Waals surface area contributed by atoms with Crippen molar-refractivity contribution in [3.63, 3.8) is 0 Å². The van der Waals surface area contributed by atoms with E-state index in [1.54, 1.807) is 20.8 Å². The molecule has 1 saturated heterocycles. The molecular weight excluding hydrogens is 274 g/mol. The molecule has 21 heavy (non-hydrogen) atoms. The van der Waals surface area contributed by atoms with Crippen molar-refractivity contribution >= 4 is 12.1 Å². The van der Waals surface area contributed by atoms with Crippen LogP contribution in [0, 0.1) is 0 Å². The molecule has 1 fully saturated rings. The molecule has 7 heteroatoms. The fourth-order valence-corrected chi connectivity index (χ4v) is 2.35. The summed E-state index contributed by atoms with van der Waals surface area (Å²) in [6.07, 6.45) is 1.39. The molecule has 0 saturated carbocycles. The van der Waals surface area contributed by atoms with Crippen molar-refractivity contribution in [3.8, 4) is 0 Å². The molecule has 0 aromatic heterocycles. The number of alkyl carbamates (subject to hydrolysis) is 1. The van der Waals surface area contributed by atoms with Crippen LogP contribution >= 0.6 is 0 Å². The van der Waals surface area contributed by atoms with Crippen molar-refractivity contribution in [2.45, 2.75) is 45.3 Å². The highest BCUT2D eigenvalue weighted by atomic mass is 16.6. The molecule has 0 spiro atoms. The van der Waals surface area contributed by atoms with Crippen LogP contribution in [0.25, 0.3) is 0 Å². The Labute approximate surface area is 126 Å². The van der Waals surface area contributed by atoms with Crippen LogP contribution in [0.15, 0.2) is 0 Å². The third-order valence-electron chi connectivity index (χ3n) is 3.23. The number of carboxylic acids is 1. The lowest BCUT2D eigenvalue weighted by Crippen LogP contribution is -2.48. The molecule has 7 nitrogen and oxygen atoms in total. The zero-order chi connectivity index (χ0) is 15.9. The maximum atomic E-state index is 11.6.